The zero-order valence-electron chi connectivity index (χ0n) is 17.6. The largest absolute Gasteiger partial charge is 0.465 e. The van der Waals surface area contributed by atoms with Gasteiger partial charge in [-0.2, -0.15) is 0 Å². The molecule has 1 aliphatic heterocycles. The van der Waals surface area contributed by atoms with Gasteiger partial charge in [0.25, 0.3) is 0 Å². The van der Waals surface area contributed by atoms with Crippen molar-refractivity contribution in [3.63, 3.8) is 0 Å². The minimum Gasteiger partial charge on any atom is -0.465 e. The van der Waals surface area contributed by atoms with E-state index >= 15 is 0 Å². The highest BCUT2D eigenvalue weighted by atomic mass is 35.5. The van der Waals surface area contributed by atoms with E-state index in [-0.39, 0.29) is 31.1 Å². The van der Waals surface area contributed by atoms with E-state index in [9.17, 15) is 14.7 Å². The molecule has 2 aromatic rings. The fraction of sp³-hybridized carbons (Fsp3) is 0.429. The van der Waals surface area contributed by atoms with Gasteiger partial charge < -0.3 is 20.6 Å². The summed E-state index contributed by atoms with van der Waals surface area (Å²) < 4.78 is 0. The number of carbonyl (C=O) groups excluding carboxylic acids is 1. The smallest absolute Gasteiger partial charge is 0.407 e. The van der Waals surface area contributed by atoms with Crippen LogP contribution in [0.25, 0.3) is 11.3 Å². The molecular weight excluding hydrogens is 441 g/mol. The summed E-state index contributed by atoms with van der Waals surface area (Å²) in [5, 5.41) is 16.6. The Morgan fingerprint density at radius 3 is 2.39 bits per heavy atom. The molecule has 8 nitrogen and oxygen atoms in total. The van der Waals surface area contributed by atoms with Crippen LogP contribution >= 0.6 is 23.2 Å². The maximum absolute atomic E-state index is 11.6. The number of nitrogens with one attached hydrogen (secondary N) is 2. The third-order valence-corrected chi connectivity index (χ3v) is 5.75. The summed E-state index contributed by atoms with van der Waals surface area (Å²) in [6.07, 6.45) is 0.210. The van der Waals surface area contributed by atoms with Crippen molar-refractivity contribution in [3.05, 3.63) is 39.6 Å². The first-order chi connectivity index (χ1) is 14.7. The third-order valence-electron chi connectivity index (χ3n) is 5.20. The monoisotopic (exact) mass is 465 g/mol. The Morgan fingerprint density at radius 1 is 1.13 bits per heavy atom. The zero-order valence-corrected chi connectivity index (χ0v) is 19.1. The molecule has 10 heteroatoms. The van der Waals surface area contributed by atoms with Crippen LogP contribution in [0.3, 0.4) is 0 Å². The fourth-order valence-corrected chi connectivity index (χ4v) is 4.20. The van der Waals surface area contributed by atoms with E-state index in [0.717, 1.165) is 17.0 Å². The number of aryl methyl sites for hydroxylation is 2. The molecule has 0 unspecified atom stereocenters. The normalized spacial score (nSPS) is 18.2. The average molecular weight is 466 g/mol. The lowest BCUT2D eigenvalue weighted by atomic mass is 10.1. The summed E-state index contributed by atoms with van der Waals surface area (Å²) >= 11 is 12.4. The third kappa shape index (κ3) is 5.19. The van der Waals surface area contributed by atoms with Gasteiger partial charge in [0.05, 0.1) is 34.2 Å². The van der Waals surface area contributed by atoms with Crippen molar-refractivity contribution in [2.45, 2.75) is 45.7 Å². The van der Waals surface area contributed by atoms with Gasteiger partial charge in [0.1, 0.15) is 5.82 Å². The van der Waals surface area contributed by atoms with Crippen LogP contribution in [0.2, 0.25) is 10.0 Å². The molecule has 1 aromatic carbocycles. The predicted molar refractivity (Wildman–Crippen MR) is 121 cm³/mol. The van der Waals surface area contributed by atoms with Crippen LogP contribution in [0.15, 0.2) is 18.2 Å². The number of nitrogens with zero attached hydrogens (tertiary/aromatic N) is 3. The summed E-state index contributed by atoms with van der Waals surface area (Å²) in [6.45, 7) is 5.81. The van der Waals surface area contributed by atoms with Gasteiger partial charge in [-0.1, -0.05) is 37.0 Å². The molecule has 166 valence electrons. The minimum atomic E-state index is -1.02. The van der Waals surface area contributed by atoms with Crippen LogP contribution in [0.1, 0.15) is 32.2 Å². The van der Waals surface area contributed by atoms with Crippen molar-refractivity contribution in [2.24, 2.45) is 0 Å². The molecule has 2 heterocycles. The fourth-order valence-electron chi connectivity index (χ4n) is 3.70. The summed E-state index contributed by atoms with van der Waals surface area (Å²) in [4.78, 5) is 34.0. The van der Waals surface area contributed by atoms with E-state index in [0.29, 0.717) is 34.4 Å². The number of benzene rings is 1. The summed E-state index contributed by atoms with van der Waals surface area (Å²) in [5.41, 5.74) is 2.94. The summed E-state index contributed by atoms with van der Waals surface area (Å²) in [5.74, 6) is 0.369. The Kier molecular flexibility index (Phi) is 7.23. The highest BCUT2D eigenvalue weighted by Gasteiger charge is 2.36. The first-order valence-electron chi connectivity index (χ1n) is 10.1. The second-order valence-corrected chi connectivity index (χ2v) is 8.23. The molecule has 1 saturated heterocycles. The SMILES string of the molecule is CCc1nc(-c2ccc(Cl)cc2Cl)c(CC)nc1N[C@@H]1CN(C(=O)O)C[C@@H]1NC(C)=O. The molecule has 0 saturated carbocycles. The standard InChI is InChI=1S/C21H25Cl2N5O3/c1-4-15-19(13-7-6-12(22)8-14(13)23)25-16(5-2)20(26-15)27-18-10-28(21(30)31)9-17(18)24-11(3)29/h6-8,17-18H,4-5,9-10H2,1-3H3,(H,24,29)(H,26,27)(H,30,31)/t17-,18+/m0/s1. The number of halogens is 2. The van der Waals surface area contributed by atoms with Gasteiger partial charge in [-0.15, -0.1) is 0 Å². The van der Waals surface area contributed by atoms with Gasteiger partial charge in [0, 0.05) is 30.6 Å². The molecule has 0 aliphatic carbocycles. The second kappa shape index (κ2) is 9.70. The molecular formula is C21H25Cl2N5O3. The Morgan fingerprint density at radius 2 is 1.81 bits per heavy atom. The predicted octanol–water partition coefficient (Wildman–Crippen LogP) is 3.85. The van der Waals surface area contributed by atoms with Crippen LogP contribution < -0.4 is 10.6 Å². The lowest BCUT2D eigenvalue weighted by Gasteiger charge is -2.23. The Labute approximate surface area is 191 Å². The molecule has 3 N–H and O–H groups in total. The van der Waals surface area contributed by atoms with Crippen LogP contribution in [0.4, 0.5) is 10.6 Å². The van der Waals surface area contributed by atoms with E-state index in [1.807, 2.05) is 19.9 Å². The average Bonchev–Trinajstić information content (AvgIpc) is 3.10. The Hall–Kier alpha value is -2.58. The maximum Gasteiger partial charge on any atom is 0.407 e. The molecule has 2 amide bonds. The second-order valence-electron chi connectivity index (χ2n) is 7.39. The number of carbonyl (C=O) groups is 2. The van der Waals surface area contributed by atoms with Crippen molar-refractivity contribution in [2.75, 3.05) is 18.4 Å². The van der Waals surface area contributed by atoms with Crippen molar-refractivity contribution in [3.8, 4) is 11.3 Å². The van der Waals surface area contributed by atoms with Gasteiger partial charge in [0.15, 0.2) is 0 Å². The van der Waals surface area contributed by atoms with Crippen molar-refractivity contribution < 1.29 is 14.7 Å². The first-order valence-corrected chi connectivity index (χ1v) is 10.9. The first kappa shape index (κ1) is 23.1. The highest BCUT2D eigenvalue weighted by Crippen LogP contribution is 2.32. The topological polar surface area (TPSA) is 107 Å². The number of anilines is 1. The van der Waals surface area contributed by atoms with E-state index in [4.69, 9.17) is 33.2 Å². The van der Waals surface area contributed by atoms with E-state index < -0.39 is 6.09 Å². The molecule has 31 heavy (non-hydrogen) atoms. The molecule has 0 spiro atoms. The number of likely N-dealkylation sites (tertiary alicyclic amines) is 1. The molecule has 0 radical (unpaired) electrons. The zero-order chi connectivity index (χ0) is 22.7. The lowest BCUT2D eigenvalue weighted by molar-refractivity contribution is -0.119. The Balaban J connectivity index is 1.97. The molecule has 1 aliphatic rings. The lowest BCUT2D eigenvalue weighted by Crippen LogP contribution is -2.45. The Bertz CT molecular complexity index is 1000. The molecule has 2 atom stereocenters. The number of rotatable bonds is 6. The minimum absolute atomic E-state index is 0.209. The number of hydrogen-bond donors (Lipinski definition) is 3. The molecule has 1 fully saturated rings. The van der Waals surface area contributed by atoms with Gasteiger partial charge in [0.2, 0.25) is 5.91 Å². The highest BCUT2D eigenvalue weighted by molar-refractivity contribution is 6.36. The van der Waals surface area contributed by atoms with Crippen molar-refractivity contribution in [1.29, 1.82) is 0 Å². The number of amides is 2. The van der Waals surface area contributed by atoms with E-state index in [1.165, 1.54) is 11.8 Å². The van der Waals surface area contributed by atoms with Crippen molar-refractivity contribution in [1.82, 2.24) is 20.2 Å². The van der Waals surface area contributed by atoms with Crippen LogP contribution in [0.5, 0.6) is 0 Å². The van der Waals surface area contributed by atoms with Gasteiger partial charge in [-0.25, -0.2) is 14.8 Å². The molecule has 0 bridgehead atoms. The van der Waals surface area contributed by atoms with Gasteiger partial charge in [-0.05, 0) is 31.0 Å². The number of aromatic nitrogens is 2. The van der Waals surface area contributed by atoms with E-state index in [1.54, 1.807) is 12.1 Å². The summed E-state index contributed by atoms with van der Waals surface area (Å²) in [7, 11) is 0. The molecule has 1 aromatic heterocycles. The van der Waals surface area contributed by atoms with Crippen LogP contribution in [-0.4, -0.2) is 57.1 Å². The maximum atomic E-state index is 11.6. The number of hydrogen-bond acceptors (Lipinski definition) is 5. The van der Waals surface area contributed by atoms with Gasteiger partial charge in [-0.3, -0.25) is 4.79 Å². The van der Waals surface area contributed by atoms with Crippen molar-refractivity contribution >= 4 is 41.0 Å². The van der Waals surface area contributed by atoms with E-state index in [2.05, 4.69) is 10.6 Å². The van der Waals surface area contributed by atoms with Gasteiger partial charge >= 0.3 is 6.09 Å². The summed E-state index contributed by atoms with van der Waals surface area (Å²) in [6, 6.07) is 4.58. The van der Waals surface area contributed by atoms with Crippen LogP contribution in [-0.2, 0) is 17.6 Å². The van der Waals surface area contributed by atoms with Crippen LogP contribution in [0, 0.1) is 0 Å². The molecule has 3 rings (SSSR count). The number of carboxylic acid groups (broad SMARTS) is 1. The quantitative estimate of drug-likeness (QED) is 0.597.